The molecular formula is C13H19N3O4S. The van der Waals surface area contributed by atoms with Crippen LogP contribution in [0.2, 0.25) is 0 Å². The number of piperidine rings is 1. The van der Waals surface area contributed by atoms with E-state index in [0.717, 1.165) is 18.9 Å². The zero-order chi connectivity index (χ0) is 15.8. The molecule has 2 rings (SSSR count). The monoisotopic (exact) mass is 313 g/mol. The van der Waals surface area contributed by atoms with Crippen molar-refractivity contribution in [3.63, 3.8) is 0 Å². The third-order valence-electron chi connectivity index (χ3n) is 3.84. The molecule has 2 atom stereocenters. The van der Waals surface area contributed by atoms with Crippen molar-refractivity contribution >= 4 is 21.4 Å². The third kappa shape index (κ3) is 3.01. The Balaban J connectivity index is 2.47. The molecule has 0 aliphatic carbocycles. The molecular weight excluding hydrogens is 294 g/mol. The Hall–Kier alpha value is -1.67. The third-order valence-corrected chi connectivity index (χ3v) is 5.90. The van der Waals surface area contributed by atoms with E-state index in [9.17, 15) is 18.5 Å². The maximum absolute atomic E-state index is 12.7. The summed E-state index contributed by atoms with van der Waals surface area (Å²) < 4.78 is 26.8. The van der Waals surface area contributed by atoms with Crippen LogP contribution >= 0.6 is 0 Å². The summed E-state index contributed by atoms with van der Waals surface area (Å²) in [5.74, 6) is 0.452. The molecule has 116 valence electrons. The first-order valence-electron chi connectivity index (χ1n) is 6.79. The van der Waals surface area contributed by atoms with Crippen LogP contribution in [0.1, 0.15) is 26.7 Å². The Morgan fingerprint density at radius 1 is 1.38 bits per heavy atom. The van der Waals surface area contributed by atoms with Gasteiger partial charge < -0.3 is 5.73 Å². The Kier molecular flexibility index (Phi) is 4.20. The normalized spacial score (nSPS) is 23.9. The van der Waals surface area contributed by atoms with Crippen LogP contribution in [0.3, 0.4) is 0 Å². The number of rotatable bonds is 3. The van der Waals surface area contributed by atoms with Gasteiger partial charge >= 0.3 is 0 Å². The molecule has 7 nitrogen and oxygen atoms in total. The smallest absolute Gasteiger partial charge is 0.291 e. The number of hydrogen-bond acceptors (Lipinski definition) is 5. The van der Waals surface area contributed by atoms with E-state index < -0.39 is 20.6 Å². The number of hydrogen-bond donors (Lipinski definition) is 1. The highest BCUT2D eigenvalue weighted by Gasteiger charge is 2.37. The lowest BCUT2D eigenvalue weighted by Crippen LogP contribution is -2.44. The van der Waals surface area contributed by atoms with Crippen LogP contribution in [0, 0.1) is 16.0 Å². The summed E-state index contributed by atoms with van der Waals surface area (Å²) in [6.07, 6.45) is 1.51. The van der Waals surface area contributed by atoms with Crippen LogP contribution in [-0.4, -0.2) is 30.2 Å². The molecule has 0 saturated carbocycles. The van der Waals surface area contributed by atoms with Crippen LogP contribution in [0.4, 0.5) is 11.4 Å². The van der Waals surface area contributed by atoms with Crippen molar-refractivity contribution in [2.24, 2.45) is 5.92 Å². The molecule has 1 aliphatic heterocycles. The predicted molar refractivity (Wildman–Crippen MR) is 79.3 cm³/mol. The molecule has 21 heavy (non-hydrogen) atoms. The van der Waals surface area contributed by atoms with Crippen LogP contribution in [0.25, 0.3) is 0 Å². The van der Waals surface area contributed by atoms with E-state index in [-0.39, 0.29) is 16.6 Å². The van der Waals surface area contributed by atoms with Crippen molar-refractivity contribution in [2.75, 3.05) is 12.3 Å². The lowest BCUT2D eigenvalue weighted by Gasteiger charge is -2.35. The molecule has 1 aromatic carbocycles. The number of nitrogens with zero attached hydrogens (tertiary/aromatic N) is 2. The molecule has 1 fully saturated rings. The molecule has 1 heterocycles. The highest BCUT2D eigenvalue weighted by molar-refractivity contribution is 7.89. The molecule has 0 aromatic heterocycles. The van der Waals surface area contributed by atoms with E-state index in [1.165, 1.54) is 16.4 Å². The van der Waals surface area contributed by atoms with Crippen LogP contribution in [0.15, 0.2) is 23.1 Å². The van der Waals surface area contributed by atoms with Crippen molar-refractivity contribution < 1.29 is 13.3 Å². The molecule has 0 bridgehead atoms. The highest BCUT2D eigenvalue weighted by atomic mass is 32.2. The van der Waals surface area contributed by atoms with Crippen molar-refractivity contribution in [1.29, 1.82) is 0 Å². The molecule has 2 N–H and O–H groups in total. The molecule has 0 radical (unpaired) electrons. The number of nitro groups is 1. The van der Waals surface area contributed by atoms with Crippen LogP contribution in [-0.2, 0) is 10.0 Å². The fourth-order valence-electron chi connectivity index (χ4n) is 2.76. The second-order valence-corrected chi connectivity index (χ2v) is 7.44. The van der Waals surface area contributed by atoms with Gasteiger partial charge in [-0.3, -0.25) is 10.1 Å². The summed E-state index contributed by atoms with van der Waals surface area (Å²) in [7, 11) is -3.89. The maximum atomic E-state index is 12.7. The summed E-state index contributed by atoms with van der Waals surface area (Å²) >= 11 is 0. The Morgan fingerprint density at radius 2 is 2.05 bits per heavy atom. The van der Waals surface area contributed by atoms with Crippen molar-refractivity contribution in [3.05, 3.63) is 28.3 Å². The van der Waals surface area contributed by atoms with Crippen LogP contribution < -0.4 is 5.73 Å². The number of benzene rings is 1. The minimum Gasteiger partial charge on any atom is -0.399 e. The molecule has 1 aromatic rings. The van der Waals surface area contributed by atoms with Gasteiger partial charge in [0.25, 0.3) is 5.69 Å². The van der Waals surface area contributed by atoms with Gasteiger partial charge in [-0.05, 0) is 37.8 Å². The second kappa shape index (κ2) is 5.61. The van der Waals surface area contributed by atoms with E-state index in [2.05, 4.69) is 6.92 Å². The fourth-order valence-corrected chi connectivity index (χ4v) is 4.56. The fraction of sp³-hybridized carbons (Fsp3) is 0.538. The lowest BCUT2D eigenvalue weighted by molar-refractivity contribution is -0.387. The number of nitrogen functional groups attached to an aromatic ring is 1. The molecule has 0 amide bonds. The van der Waals surface area contributed by atoms with Gasteiger partial charge in [-0.1, -0.05) is 6.92 Å². The van der Waals surface area contributed by atoms with Gasteiger partial charge in [0.05, 0.1) is 4.92 Å². The lowest BCUT2D eigenvalue weighted by atomic mass is 9.95. The minimum absolute atomic E-state index is 0.168. The van der Waals surface area contributed by atoms with Gasteiger partial charge in [0.15, 0.2) is 4.90 Å². The first-order chi connectivity index (χ1) is 9.73. The van der Waals surface area contributed by atoms with Crippen molar-refractivity contribution in [2.45, 2.75) is 37.6 Å². The summed E-state index contributed by atoms with van der Waals surface area (Å²) in [6, 6.07) is 3.50. The van der Waals surface area contributed by atoms with Gasteiger partial charge in [-0.25, -0.2) is 8.42 Å². The average molecular weight is 313 g/mol. The van der Waals surface area contributed by atoms with E-state index in [1.54, 1.807) is 0 Å². The zero-order valence-electron chi connectivity index (χ0n) is 12.0. The van der Waals surface area contributed by atoms with E-state index in [0.29, 0.717) is 12.5 Å². The highest BCUT2D eigenvalue weighted by Crippen LogP contribution is 2.33. The van der Waals surface area contributed by atoms with Crippen molar-refractivity contribution in [3.8, 4) is 0 Å². The molecule has 1 saturated heterocycles. The second-order valence-electron chi connectivity index (χ2n) is 5.58. The van der Waals surface area contributed by atoms with E-state index in [4.69, 9.17) is 5.73 Å². The first kappa shape index (κ1) is 15.7. The first-order valence-corrected chi connectivity index (χ1v) is 8.23. The zero-order valence-corrected chi connectivity index (χ0v) is 12.8. The number of anilines is 1. The summed E-state index contributed by atoms with van der Waals surface area (Å²) in [6.45, 7) is 4.29. The van der Waals surface area contributed by atoms with Gasteiger partial charge in [0.2, 0.25) is 10.0 Å². The summed E-state index contributed by atoms with van der Waals surface area (Å²) in [5, 5.41) is 11.1. The van der Waals surface area contributed by atoms with E-state index in [1.807, 2.05) is 6.92 Å². The minimum atomic E-state index is -3.89. The van der Waals surface area contributed by atoms with Gasteiger partial charge in [0, 0.05) is 24.3 Å². The largest absolute Gasteiger partial charge is 0.399 e. The molecule has 1 aliphatic rings. The number of sulfonamides is 1. The predicted octanol–water partition coefficient (Wildman–Crippen LogP) is 1.99. The van der Waals surface area contributed by atoms with Gasteiger partial charge in [-0.15, -0.1) is 0 Å². The Bertz CT molecular complexity index is 659. The number of nitro benzene ring substituents is 1. The maximum Gasteiger partial charge on any atom is 0.291 e. The van der Waals surface area contributed by atoms with Crippen molar-refractivity contribution in [1.82, 2.24) is 4.31 Å². The molecule has 2 unspecified atom stereocenters. The number of nitrogens with two attached hydrogens (primary N) is 1. The van der Waals surface area contributed by atoms with E-state index >= 15 is 0 Å². The Labute approximate surface area is 123 Å². The molecule has 8 heteroatoms. The topological polar surface area (TPSA) is 107 Å². The average Bonchev–Trinajstić information content (AvgIpc) is 2.37. The Morgan fingerprint density at radius 3 is 2.62 bits per heavy atom. The standard InChI is InChI=1S/C13H19N3O4S/c1-9-5-6-15(10(2)7-9)21(19,20)13-4-3-11(14)8-12(13)16(17)18/h3-4,8-10H,5-7,14H2,1-2H3. The van der Waals surface area contributed by atoms with Gasteiger partial charge in [-0.2, -0.15) is 4.31 Å². The summed E-state index contributed by atoms with van der Waals surface area (Å²) in [4.78, 5) is 10.1. The quantitative estimate of drug-likeness (QED) is 0.521. The van der Waals surface area contributed by atoms with Gasteiger partial charge in [0.1, 0.15) is 0 Å². The van der Waals surface area contributed by atoms with Crippen LogP contribution in [0.5, 0.6) is 0 Å². The summed E-state index contributed by atoms with van der Waals surface area (Å²) in [5.41, 5.74) is 5.22. The SMILES string of the molecule is CC1CCN(S(=O)(=O)c2ccc(N)cc2[N+](=O)[O-])C(C)C1. The molecule has 0 spiro atoms.